The molecule has 0 aliphatic heterocycles. The third-order valence-corrected chi connectivity index (χ3v) is 9.02. The summed E-state index contributed by atoms with van der Waals surface area (Å²) in [4.78, 5) is 1.25. The molecule has 0 aliphatic carbocycles. The van der Waals surface area contributed by atoms with Crippen LogP contribution in [0, 0.1) is 0 Å². The number of nitrogen functional groups attached to an aromatic ring is 1. The van der Waals surface area contributed by atoms with Crippen molar-refractivity contribution in [2.24, 2.45) is 0 Å². The van der Waals surface area contributed by atoms with E-state index in [-0.39, 0.29) is 0 Å². The molecule has 0 atom stereocenters. The molecule has 0 fully saturated rings. The van der Waals surface area contributed by atoms with Gasteiger partial charge in [0.05, 0.1) is 0 Å². The molecule has 0 bridgehead atoms. The molecule has 0 saturated heterocycles. The molecule has 0 spiro atoms. The number of benzene rings is 1. The van der Waals surface area contributed by atoms with Gasteiger partial charge in [-0.1, -0.05) is 20.8 Å². The first-order valence-corrected chi connectivity index (χ1v) is 10.2. The highest BCUT2D eigenvalue weighted by Crippen LogP contribution is 2.36. The van der Waals surface area contributed by atoms with Crippen molar-refractivity contribution in [2.45, 2.75) is 43.8 Å². The molecule has 0 aliphatic rings. The summed E-state index contributed by atoms with van der Waals surface area (Å²) >= 11 is 1.82. The van der Waals surface area contributed by atoms with Crippen LogP contribution < -0.4 is 5.73 Å². The minimum absolute atomic E-state index is 0.291. The summed E-state index contributed by atoms with van der Waals surface area (Å²) in [5, 5.41) is 0.291. The van der Waals surface area contributed by atoms with Gasteiger partial charge in [0.25, 0.3) is 0 Å². The van der Waals surface area contributed by atoms with Gasteiger partial charge in [-0.15, -0.1) is 11.8 Å². The van der Waals surface area contributed by atoms with E-state index in [0.717, 1.165) is 18.0 Å². The second-order valence-corrected chi connectivity index (χ2v) is 12.0. The lowest BCUT2D eigenvalue weighted by molar-refractivity contribution is 0.311. The van der Waals surface area contributed by atoms with Crippen LogP contribution in [0.25, 0.3) is 0 Å². The summed E-state index contributed by atoms with van der Waals surface area (Å²) in [6, 6.07) is 8.01. The van der Waals surface area contributed by atoms with Gasteiger partial charge < -0.3 is 10.2 Å². The van der Waals surface area contributed by atoms with Crippen molar-refractivity contribution in [1.82, 2.24) is 0 Å². The Hall–Kier alpha value is -0.453. The Bertz CT molecular complexity index is 370. The molecule has 102 valence electrons. The number of anilines is 1. The maximum absolute atomic E-state index is 6.13. The Balaban J connectivity index is 2.33. The van der Waals surface area contributed by atoms with Gasteiger partial charge in [-0.25, -0.2) is 0 Å². The molecular weight excluding hydrogens is 258 g/mol. The van der Waals surface area contributed by atoms with Gasteiger partial charge >= 0.3 is 0 Å². The average molecular weight is 284 g/mol. The van der Waals surface area contributed by atoms with Crippen LogP contribution in [0.15, 0.2) is 29.2 Å². The van der Waals surface area contributed by atoms with E-state index in [0.29, 0.717) is 5.04 Å². The predicted molar refractivity (Wildman–Crippen MR) is 84.7 cm³/mol. The molecule has 0 radical (unpaired) electrons. The highest BCUT2D eigenvalue weighted by Gasteiger charge is 2.36. The quantitative estimate of drug-likeness (QED) is 0.377. The van der Waals surface area contributed by atoms with Crippen molar-refractivity contribution in [3.05, 3.63) is 24.3 Å². The van der Waals surface area contributed by atoms with E-state index in [4.69, 9.17) is 10.2 Å². The highest BCUT2D eigenvalue weighted by molar-refractivity contribution is 7.99. The maximum atomic E-state index is 6.13. The van der Waals surface area contributed by atoms with Crippen molar-refractivity contribution in [3.63, 3.8) is 0 Å². The summed E-state index contributed by atoms with van der Waals surface area (Å²) in [5.41, 5.74) is 6.47. The van der Waals surface area contributed by atoms with Crippen molar-refractivity contribution in [3.8, 4) is 0 Å². The number of hydrogen-bond donors (Lipinski definition) is 1. The molecule has 4 heteroatoms. The van der Waals surface area contributed by atoms with Crippen molar-refractivity contribution < 1.29 is 4.43 Å². The molecule has 0 heterocycles. The van der Waals surface area contributed by atoms with Gasteiger partial charge in [-0.05, 0) is 42.4 Å². The molecule has 18 heavy (non-hydrogen) atoms. The monoisotopic (exact) mass is 283 g/mol. The van der Waals surface area contributed by atoms with Crippen LogP contribution in [0.1, 0.15) is 20.8 Å². The number of nitrogens with two attached hydrogens (primary N) is 1. The van der Waals surface area contributed by atoms with Crippen LogP contribution in [-0.2, 0) is 4.43 Å². The highest BCUT2D eigenvalue weighted by atomic mass is 32.2. The zero-order valence-electron chi connectivity index (χ0n) is 12.1. The first kappa shape index (κ1) is 15.6. The summed E-state index contributed by atoms with van der Waals surface area (Å²) in [6.07, 6.45) is 0. The molecular formula is C14H25NOSSi. The zero-order valence-corrected chi connectivity index (χ0v) is 13.9. The standard InChI is InChI=1S/C14H25NOSSi/c1-14(2,3)18(4,5)16-10-11-17-13-8-6-12(15)7-9-13/h6-9H,10-11,15H2,1-5H3. The summed E-state index contributed by atoms with van der Waals surface area (Å²) in [5.74, 6) is 0.996. The van der Waals surface area contributed by atoms with E-state index in [9.17, 15) is 0 Å². The summed E-state index contributed by atoms with van der Waals surface area (Å²) < 4.78 is 6.13. The maximum Gasteiger partial charge on any atom is 0.192 e. The third kappa shape index (κ3) is 4.67. The fraction of sp³-hybridized carbons (Fsp3) is 0.571. The third-order valence-electron chi connectivity index (χ3n) is 3.50. The molecule has 0 unspecified atom stereocenters. The Morgan fingerprint density at radius 1 is 1.17 bits per heavy atom. The minimum Gasteiger partial charge on any atom is -0.416 e. The Kier molecular flexibility index (Phi) is 5.31. The zero-order chi connectivity index (χ0) is 13.8. The number of hydrogen-bond acceptors (Lipinski definition) is 3. The smallest absolute Gasteiger partial charge is 0.192 e. The molecule has 2 N–H and O–H groups in total. The largest absolute Gasteiger partial charge is 0.416 e. The fourth-order valence-electron chi connectivity index (χ4n) is 1.24. The van der Waals surface area contributed by atoms with Crippen molar-refractivity contribution >= 4 is 25.8 Å². The van der Waals surface area contributed by atoms with Crippen LogP contribution in [0.3, 0.4) is 0 Å². The van der Waals surface area contributed by atoms with Crippen molar-refractivity contribution in [1.29, 1.82) is 0 Å². The Morgan fingerprint density at radius 3 is 2.22 bits per heavy atom. The van der Waals surface area contributed by atoms with Crippen LogP contribution in [0.2, 0.25) is 18.1 Å². The van der Waals surface area contributed by atoms with Gasteiger partial charge in [-0.3, -0.25) is 0 Å². The number of thioether (sulfide) groups is 1. The second kappa shape index (κ2) is 6.13. The minimum atomic E-state index is -1.59. The molecule has 1 aromatic carbocycles. The van der Waals surface area contributed by atoms with Gasteiger partial charge in [-0.2, -0.15) is 0 Å². The van der Waals surface area contributed by atoms with Gasteiger partial charge in [0.2, 0.25) is 0 Å². The van der Waals surface area contributed by atoms with E-state index in [1.807, 2.05) is 23.9 Å². The van der Waals surface area contributed by atoms with Crippen LogP contribution in [0.5, 0.6) is 0 Å². The average Bonchev–Trinajstić information content (AvgIpc) is 2.25. The Labute approximate surface area is 116 Å². The lowest BCUT2D eigenvalue weighted by atomic mass is 10.2. The lowest BCUT2D eigenvalue weighted by Crippen LogP contribution is -2.41. The van der Waals surface area contributed by atoms with Gasteiger partial charge in [0.15, 0.2) is 8.32 Å². The molecule has 2 nitrogen and oxygen atoms in total. The second-order valence-electron chi connectivity index (χ2n) is 6.03. The van der Waals surface area contributed by atoms with E-state index in [1.165, 1.54) is 4.90 Å². The molecule has 1 aromatic rings. The van der Waals surface area contributed by atoms with E-state index >= 15 is 0 Å². The lowest BCUT2D eigenvalue weighted by Gasteiger charge is -2.36. The molecule has 0 aromatic heterocycles. The summed E-state index contributed by atoms with van der Waals surface area (Å²) in [6.45, 7) is 12.2. The first-order valence-electron chi connectivity index (χ1n) is 6.35. The Morgan fingerprint density at radius 2 is 1.72 bits per heavy atom. The van der Waals surface area contributed by atoms with Crippen LogP contribution >= 0.6 is 11.8 Å². The van der Waals surface area contributed by atoms with Gasteiger partial charge in [0.1, 0.15) is 0 Å². The predicted octanol–water partition coefficient (Wildman–Crippen LogP) is 4.38. The normalized spacial score (nSPS) is 12.7. The molecule has 1 rings (SSSR count). The van der Waals surface area contributed by atoms with Gasteiger partial charge in [0, 0.05) is 22.9 Å². The van der Waals surface area contributed by atoms with Crippen LogP contribution in [0.4, 0.5) is 5.69 Å². The summed E-state index contributed by atoms with van der Waals surface area (Å²) in [7, 11) is -1.59. The first-order chi connectivity index (χ1) is 8.22. The fourth-order valence-corrected chi connectivity index (χ4v) is 3.16. The molecule has 0 saturated carbocycles. The molecule has 0 amide bonds. The van der Waals surface area contributed by atoms with E-state index in [1.54, 1.807) is 0 Å². The van der Waals surface area contributed by atoms with E-state index < -0.39 is 8.32 Å². The number of rotatable bonds is 5. The SMILES string of the molecule is CC(C)(C)[Si](C)(C)OCCSc1ccc(N)cc1. The topological polar surface area (TPSA) is 35.2 Å². The van der Waals surface area contributed by atoms with E-state index in [2.05, 4.69) is 46.0 Å². The van der Waals surface area contributed by atoms with Crippen molar-refractivity contribution in [2.75, 3.05) is 18.1 Å². The van der Waals surface area contributed by atoms with Crippen LogP contribution in [-0.4, -0.2) is 20.7 Å².